The summed E-state index contributed by atoms with van der Waals surface area (Å²) in [4.78, 5) is 26.2. The number of carbonyl (C=O) groups is 1. The summed E-state index contributed by atoms with van der Waals surface area (Å²) in [5, 5.41) is 7.25. The number of piperazine rings is 1. The predicted octanol–water partition coefficient (Wildman–Crippen LogP) is 2.83. The first-order valence-electron chi connectivity index (χ1n) is 11.6. The van der Waals surface area contributed by atoms with Crippen molar-refractivity contribution >= 4 is 17.1 Å². The maximum Gasteiger partial charge on any atom is 0.257 e. The molecule has 1 aliphatic rings. The number of rotatable bonds is 4. The Hall–Kier alpha value is -4.06. The van der Waals surface area contributed by atoms with Gasteiger partial charge in [-0.25, -0.2) is 9.50 Å². The summed E-state index contributed by atoms with van der Waals surface area (Å²) in [6.45, 7) is 7.37. The first-order valence-corrected chi connectivity index (χ1v) is 11.6. The molecule has 1 saturated heterocycles. The van der Waals surface area contributed by atoms with E-state index in [1.54, 1.807) is 35.4 Å². The highest BCUT2D eigenvalue weighted by Crippen LogP contribution is 2.18. The minimum absolute atomic E-state index is 0.222. The van der Waals surface area contributed by atoms with Crippen LogP contribution in [0.3, 0.4) is 0 Å². The zero-order chi connectivity index (χ0) is 24.2. The normalized spacial score (nSPS) is 14.5. The van der Waals surface area contributed by atoms with E-state index in [4.69, 9.17) is 0 Å². The third-order valence-electron chi connectivity index (χ3n) is 6.21. The third-order valence-corrected chi connectivity index (χ3v) is 6.21. The third kappa shape index (κ3) is 5.38. The van der Waals surface area contributed by atoms with Crippen molar-refractivity contribution in [1.82, 2.24) is 29.4 Å². The highest BCUT2D eigenvalue weighted by molar-refractivity contribution is 6.04. The van der Waals surface area contributed by atoms with E-state index in [2.05, 4.69) is 62.1 Å². The molecule has 4 aromatic rings. The number of imidazole rings is 1. The van der Waals surface area contributed by atoms with E-state index >= 15 is 0 Å². The van der Waals surface area contributed by atoms with E-state index in [0.29, 0.717) is 17.0 Å². The number of hydrogen-bond acceptors (Lipinski definition) is 6. The lowest BCUT2D eigenvalue weighted by Gasteiger charge is -2.32. The van der Waals surface area contributed by atoms with Crippen LogP contribution in [0, 0.1) is 18.8 Å². The van der Waals surface area contributed by atoms with Crippen LogP contribution in [0.5, 0.6) is 0 Å². The number of carbonyl (C=O) groups excluding carboxylic acids is 1. The lowest BCUT2D eigenvalue weighted by Crippen LogP contribution is -2.43. The van der Waals surface area contributed by atoms with Crippen molar-refractivity contribution < 1.29 is 4.79 Å². The summed E-state index contributed by atoms with van der Waals surface area (Å²) in [5.41, 5.74) is 5.16. The number of likely N-dealkylation sites (N-methyl/N-ethyl adjacent to an activating group) is 1. The molecule has 1 aliphatic heterocycles. The van der Waals surface area contributed by atoms with E-state index in [0.717, 1.165) is 43.9 Å². The highest BCUT2D eigenvalue weighted by atomic mass is 16.1. The molecule has 1 amide bonds. The molecule has 0 spiro atoms. The maximum absolute atomic E-state index is 12.9. The molecule has 176 valence electrons. The van der Waals surface area contributed by atoms with Crippen molar-refractivity contribution in [3.63, 3.8) is 0 Å². The molecule has 4 heterocycles. The van der Waals surface area contributed by atoms with E-state index < -0.39 is 0 Å². The highest BCUT2D eigenvalue weighted by Gasteiger charge is 2.15. The number of amides is 1. The van der Waals surface area contributed by atoms with Crippen LogP contribution in [0.1, 0.15) is 32.9 Å². The number of anilines is 1. The van der Waals surface area contributed by atoms with Crippen LogP contribution < -0.4 is 5.32 Å². The Morgan fingerprint density at radius 3 is 2.74 bits per heavy atom. The Balaban J connectivity index is 1.26. The molecule has 0 aliphatic carbocycles. The van der Waals surface area contributed by atoms with Gasteiger partial charge in [0, 0.05) is 62.6 Å². The molecule has 8 nitrogen and oxygen atoms in total. The molecule has 0 bridgehead atoms. The molecular weight excluding hydrogens is 438 g/mol. The van der Waals surface area contributed by atoms with E-state index in [9.17, 15) is 4.79 Å². The topological polar surface area (TPSA) is 78.7 Å². The van der Waals surface area contributed by atoms with Crippen LogP contribution in [0.4, 0.5) is 5.69 Å². The average Bonchev–Trinajstić information content (AvgIpc) is 3.29. The standard InChI is InChI=1S/C27H27N7O/c1-20-14-24(7-6-22(20)19-33-12-10-32(2)11-13-33)31-27(35)23-15-21(16-28-17-23)5-8-26-29-18-25-4-3-9-30-34(25)26/h3-4,6-7,9,14-18H,10-13,19H2,1-2H3,(H,31,35). The molecule has 0 radical (unpaired) electrons. The van der Waals surface area contributed by atoms with E-state index in [1.807, 2.05) is 24.3 Å². The number of benzene rings is 1. The lowest BCUT2D eigenvalue weighted by atomic mass is 10.1. The first-order chi connectivity index (χ1) is 17.0. The van der Waals surface area contributed by atoms with Gasteiger partial charge in [0.2, 0.25) is 5.82 Å². The maximum atomic E-state index is 12.9. The van der Waals surface area contributed by atoms with Gasteiger partial charge >= 0.3 is 0 Å². The van der Waals surface area contributed by atoms with Gasteiger partial charge in [0.25, 0.3) is 5.91 Å². The van der Waals surface area contributed by atoms with Crippen molar-refractivity contribution in [3.8, 4) is 11.8 Å². The van der Waals surface area contributed by atoms with Crippen molar-refractivity contribution in [2.24, 2.45) is 0 Å². The van der Waals surface area contributed by atoms with Gasteiger partial charge in [-0.05, 0) is 61.4 Å². The van der Waals surface area contributed by atoms with Crippen molar-refractivity contribution in [3.05, 3.63) is 89.3 Å². The van der Waals surface area contributed by atoms with Crippen molar-refractivity contribution in [2.45, 2.75) is 13.5 Å². The molecule has 8 heteroatoms. The van der Waals surface area contributed by atoms with Crippen molar-refractivity contribution in [1.29, 1.82) is 0 Å². The van der Waals surface area contributed by atoms with Crippen LogP contribution in [0.2, 0.25) is 0 Å². The van der Waals surface area contributed by atoms with Crippen LogP contribution >= 0.6 is 0 Å². The molecule has 5 rings (SSSR count). The van der Waals surface area contributed by atoms with Gasteiger partial charge in [-0.2, -0.15) is 5.10 Å². The predicted molar refractivity (Wildman–Crippen MR) is 135 cm³/mol. The lowest BCUT2D eigenvalue weighted by molar-refractivity contribution is 0.102. The number of fused-ring (bicyclic) bond motifs is 1. The van der Waals surface area contributed by atoms with Gasteiger partial charge in [0.15, 0.2) is 0 Å². The number of nitrogens with zero attached hydrogens (tertiary/aromatic N) is 6. The van der Waals surface area contributed by atoms with E-state index in [1.165, 1.54) is 11.1 Å². The fourth-order valence-electron chi connectivity index (χ4n) is 4.09. The molecule has 3 aromatic heterocycles. The smallest absolute Gasteiger partial charge is 0.257 e. The number of aromatic nitrogens is 4. The molecule has 0 atom stereocenters. The fourth-order valence-corrected chi connectivity index (χ4v) is 4.09. The van der Waals surface area contributed by atoms with Crippen LogP contribution in [-0.4, -0.2) is 68.5 Å². The minimum atomic E-state index is -0.222. The summed E-state index contributed by atoms with van der Waals surface area (Å²) in [6, 6.07) is 11.6. The molecule has 0 saturated carbocycles. The van der Waals surface area contributed by atoms with Gasteiger partial charge in [-0.15, -0.1) is 0 Å². The largest absolute Gasteiger partial charge is 0.322 e. The second-order valence-electron chi connectivity index (χ2n) is 8.83. The minimum Gasteiger partial charge on any atom is -0.322 e. The molecule has 1 fully saturated rings. The summed E-state index contributed by atoms with van der Waals surface area (Å²) in [5.74, 6) is 6.35. The number of pyridine rings is 1. The number of aryl methyl sites for hydroxylation is 1. The van der Waals surface area contributed by atoms with Gasteiger partial charge in [-0.3, -0.25) is 14.7 Å². The van der Waals surface area contributed by atoms with Crippen LogP contribution in [-0.2, 0) is 6.54 Å². The van der Waals surface area contributed by atoms with Gasteiger partial charge in [0.1, 0.15) is 0 Å². The zero-order valence-corrected chi connectivity index (χ0v) is 19.9. The van der Waals surface area contributed by atoms with Crippen LogP contribution in [0.15, 0.2) is 61.2 Å². The van der Waals surface area contributed by atoms with Crippen LogP contribution in [0.25, 0.3) is 5.52 Å². The molecule has 1 aromatic carbocycles. The van der Waals surface area contributed by atoms with E-state index in [-0.39, 0.29) is 5.91 Å². The Morgan fingerprint density at radius 1 is 1.06 bits per heavy atom. The van der Waals surface area contributed by atoms with Gasteiger partial charge in [-0.1, -0.05) is 12.0 Å². The van der Waals surface area contributed by atoms with Gasteiger partial charge < -0.3 is 10.2 Å². The van der Waals surface area contributed by atoms with Gasteiger partial charge in [0.05, 0.1) is 17.3 Å². The number of nitrogens with one attached hydrogen (secondary N) is 1. The molecule has 1 N–H and O–H groups in total. The summed E-state index contributed by atoms with van der Waals surface area (Å²) in [6.07, 6.45) is 6.58. The monoisotopic (exact) mass is 465 g/mol. The quantitative estimate of drug-likeness (QED) is 0.467. The SMILES string of the molecule is Cc1cc(NC(=O)c2cncc(C#Cc3ncc4cccnn34)c2)ccc1CN1CCN(C)CC1. The first kappa shape index (κ1) is 22.7. The summed E-state index contributed by atoms with van der Waals surface area (Å²) < 4.78 is 1.67. The molecular formula is C27H27N7O. The van der Waals surface area contributed by atoms with Crippen molar-refractivity contribution in [2.75, 3.05) is 38.5 Å². The zero-order valence-electron chi connectivity index (χ0n) is 19.9. The Kier molecular flexibility index (Phi) is 6.53. The Morgan fingerprint density at radius 2 is 1.91 bits per heavy atom. The summed E-state index contributed by atoms with van der Waals surface area (Å²) >= 11 is 0. The second kappa shape index (κ2) is 10.1. The second-order valence-corrected chi connectivity index (χ2v) is 8.83. The average molecular weight is 466 g/mol. The molecule has 35 heavy (non-hydrogen) atoms. The fraction of sp³-hybridized carbons (Fsp3) is 0.259. The number of hydrogen-bond donors (Lipinski definition) is 1. The Bertz CT molecular complexity index is 1420. The Labute approximate surface area is 204 Å². The molecule has 0 unspecified atom stereocenters. The summed E-state index contributed by atoms with van der Waals surface area (Å²) in [7, 11) is 2.16.